The third-order valence-corrected chi connectivity index (χ3v) is 2.51. The van der Waals surface area contributed by atoms with Crippen LogP contribution >= 0.6 is 15.9 Å². The number of nitrogens with two attached hydrogens (primary N) is 1. The first-order chi connectivity index (χ1) is 5.68. The molecule has 4 heteroatoms. The lowest BCUT2D eigenvalue weighted by Crippen LogP contribution is -1.88. The van der Waals surface area contributed by atoms with E-state index < -0.39 is 0 Å². The Hall–Kier alpha value is -1.03. The summed E-state index contributed by atoms with van der Waals surface area (Å²) in [5.41, 5.74) is 8.62. The number of aromatic amines is 1. The molecule has 0 aliphatic rings. The van der Waals surface area contributed by atoms with E-state index in [-0.39, 0.29) is 0 Å². The summed E-state index contributed by atoms with van der Waals surface area (Å²) in [6, 6.07) is 3.90. The molecule has 0 aliphatic carbocycles. The number of nitrogens with zero attached hydrogens (tertiary/aromatic N) is 1. The number of rotatable bonds is 0. The molecule has 0 spiro atoms. The van der Waals surface area contributed by atoms with E-state index in [0.29, 0.717) is 0 Å². The maximum atomic E-state index is 5.75. The number of hydrogen-bond acceptors (Lipinski definition) is 2. The maximum absolute atomic E-state index is 5.75. The Bertz CT molecular complexity index is 433. The van der Waals surface area contributed by atoms with Crippen molar-refractivity contribution in [1.82, 2.24) is 10.2 Å². The summed E-state index contributed by atoms with van der Waals surface area (Å²) in [6.45, 7) is 1.98. The first kappa shape index (κ1) is 7.61. The number of anilines is 1. The van der Waals surface area contributed by atoms with E-state index in [9.17, 15) is 0 Å². The molecule has 0 radical (unpaired) electrons. The zero-order valence-electron chi connectivity index (χ0n) is 6.56. The third kappa shape index (κ3) is 0.992. The second kappa shape index (κ2) is 2.48. The van der Waals surface area contributed by atoms with Crippen LogP contribution in [-0.2, 0) is 0 Å². The lowest BCUT2D eigenvalue weighted by molar-refractivity contribution is 1.09. The van der Waals surface area contributed by atoms with Crippen LogP contribution in [0.25, 0.3) is 10.9 Å². The van der Waals surface area contributed by atoms with Crippen molar-refractivity contribution in [2.45, 2.75) is 6.92 Å². The molecule has 62 valence electrons. The number of nitrogen functional groups attached to an aromatic ring is 1. The van der Waals surface area contributed by atoms with Crippen molar-refractivity contribution in [2.75, 3.05) is 5.73 Å². The fraction of sp³-hybridized carbons (Fsp3) is 0.125. The molecule has 0 amide bonds. The topological polar surface area (TPSA) is 54.7 Å². The summed E-state index contributed by atoms with van der Waals surface area (Å²) in [6.07, 6.45) is 0. The summed E-state index contributed by atoms with van der Waals surface area (Å²) < 4.78 is 0.809. The van der Waals surface area contributed by atoms with Gasteiger partial charge in [-0.25, -0.2) is 0 Å². The minimum Gasteiger partial charge on any atom is -0.398 e. The molecule has 0 bridgehead atoms. The Balaban J connectivity index is 2.87. The molecular weight excluding hydrogens is 218 g/mol. The van der Waals surface area contributed by atoms with Crippen LogP contribution in [0, 0.1) is 6.92 Å². The molecule has 1 heterocycles. The summed E-state index contributed by atoms with van der Waals surface area (Å²) in [4.78, 5) is 0. The lowest BCUT2D eigenvalue weighted by Gasteiger charge is -1.98. The van der Waals surface area contributed by atoms with Gasteiger partial charge in [-0.1, -0.05) is 0 Å². The number of H-pyrrole nitrogens is 1. The minimum absolute atomic E-state index is 0.796. The van der Waals surface area contributed by atoms with Crippen LogP contribution in [0.2, 0.25) is 0 Å². The van der Waals surface area contributed by atoms with E-state index >= 15 is 0 Å². The molecule has 3 nitrogen and oxygen atoms in total. The van der Waals surface area contributed by atoms with E-state index in [1.807, 2.05) is 19.1 Å². The molecule has 12 heavy (non-hydrogen) atoms. The predicted molar refractivity (Wildman–Crippen MR) is 52.9 cm³/mol. The molecule has 0 aliphatic heterocycles. The number of hydrogen-bond donors (Lipinski definition) is 2. The molecular formula is C8H8BrN3. The zero-order chi connectivity index (χ0) is 8.72. The van der Waals surface area contributed by atoms with Gasteiger partial charge in [0.05, 0.1) is 5.52 Å². The van der Waals surface area contributed by atoms with Crippen molar-refractivity contribution in [3.05, 3.63) is 22.3 Å². The van der Waals surface area contributed by atoms with Crippen LogP contribution in [-0.4, -0.2) is 10.2 Å². The van der Waals surface area contributed by atoms with Gasteiger partial charge in [-0.3, -0.25) is 5.10 Å². The normalized spacial score (nSPS) is 10.8. The van der Waals surface area contributed by atoms with E-state index in [1.54, 1.807) is 0 Å². The summed E-state index contributed by atoms with van der Waals surface area (Å²) >= 11 is 3.33. The van der Waals surface area contributed by atoms with E-state index in [1.165, 1.54) is 0 Å². The Morgan fingerprint density at radius 1 is 1.50 bits per heavy atom. The van der Waals surface area contributed by atoms with Crippen molar-refractivity contribution < 1.29 is 0 Å². The quantitative estimate of drug-likeness (QED) is 0.676. The summed E-state index contributed by atoms with van der Waals surface area (Å²) in [5.74, 6) is 0. The van der Waals surface area contributed by atoms with Crippen molar-refractivity contribution in [1.29, 1.82) is 0 Å². The monoisotopic (exact) mass is 225 g/mol. The van der Waals surface area contributed by atoms with Crippen LogP contribution in [0.5, 0.6) is 0 Å². The average molecular weight is 226 g/mol. The Morgan fingerprint density at radius 3 is 3.00 bits per heavy atom. The highest BCUT2D eigenvalue weighted by molar-refractivity contribution is 9.10. The number of fused-ring (bicyclic) bond motifs is 1. The van der Waals surface area contributed by atoms with Crippen LogP contribution in [0.3, 0.4) is 0 Å². The van der Waals surface area contributed by atoms with Gasteiger partial charge < -0.3 is 5.73 Å². The molecule has 0 atom stereocenters. The van der Waals surface area contributed by atoms with Gasteiger partial charge in [-0.05, 0) is 40.5 Å². The predicted octanol–water partition coefficient (Wildman–Crippen LogP) is 2.22. The highest BCUT2D eigenvalue weighted by atomic mass is 79.9. The summed E-state index contributed by atoms with van der Waals surface area (Å²) in [5, 5.41) is 7.94. The maximum Gasteiger partial charge on any atom is 0.135 e. The fourth-order valence-electron chi connectivity index (χ4n) is 1.16. The van der Waals surface area contributed by atoms with Gasteiger partial charge in [-0.15, -0.1) is 0 Å². The number of aromatic nitrogens is 2. The number of aryl methyl sites for hydroxylation is 1. The van der Waals surface area contributed by atoms with Gasteiger partial charge in [0.15, 0.2) is 0 Å². The standard InChI is InChI=1S/C8H8BrN3/c1-4-2-7-5(3-6(4)10)8(9)12-11-7/h2-3H,10H2,1H3,(H,11,12). The van der Waals surface area contributed by atoms with Crippen LogP contribution in [0.4, 0.5) is 5.69 Å². The molecule has 0 saturated heterocycles. The van der Waals surface area contributed by atoms with Crippen LogP contribution < -0.4 is 5.73 Å². The second-order valence-corrected chi connectivity index (χ2v) is 3.52. The summed E-state index contributed by atoms with van der Waals surface area (Å²) in [7, 11) is 0. The molecule has 0 unspecified atom stereocenters. The van der Waals surface area contributed by atoms with Crippen molar-refractivity contribution in [2.24, 2.45) is 0 Å². The Labute approximate surface area is 78.1 Å². The average Bonchev–Trinajstić information content (AvgIpc) is 2.35. The SMILES string of the molecule is Cc1cc2[nH]nc(Br)c2cc1N. The van der Waals surface area contributed by atoms with Gasteiger partial charge in [0, 0.05) is 11.1 Å². The van der Waals surface area contributed by atoms with Crippen LogP contribution in [0.1, 0.15) is 5.56 Å². The Kier molecular flexibility index (Phi) is 1.58. The van der Waals surface area contributed by atoms with E-state index in [0.717, 1.165) is 26.8 Å². The highest BCUT2D eigenvalue weighted by Gasteiger charge is 2.03. The van der Waals surface area contributed by atoms with Gasteiger partial charge >= 0.3 is 0 Å². The first-order valence-corrected chi connectivity index (χ1v) is 4.37. The highest BCUT2D eigenvalue weighted by Crippen LogP contribution is 2.25. The Morgan fingerprint density at radius 2 is 2.25 bits per heavy atom. The van der Waals surface area contributed by atoms with E-state index in [4.69, 9.17) is 5.73 Å². The van der Waals surface area contributed by atoms with E-state index in [2.05, 4.69) is 26.1 Å². The van der Waals surface area contributed by atoms with Gasteiger partial charge in [0.2, 0.25) is 0 Å². The third-order valence-electron chi connectivity index (χ3n) is 1.90. The second-order valence-electron chi connectivity index (χ2n) is 2.77. The molecule has 0 saturated carbocycles. The van der Waals surface area contributed by atoms with Gasteiger partial charge in [0.25, 0.3) is 0 Å². The van der Waals surface area contributed by atoms with Crippen molar-refractivity contribution >= 4 is 32.5 Å². The number of benzene rings is 1. The van der Waals surface area contributed by atoms with Crippen LogP contribution in [0.15, 0.2) is 16.7 Å². The van der Waals surface area contributed by atoms with Crippen molar-refractivity contribution in [3.63, 3.8) is 0 Å². The molecule has 0 fully saturated rings. The fourth-order valence-corrected chi connectivity index (χ4v) is 1.57. The molecule has 2 aromatic rings. The number of halogens is 1. The smallest absolute Gasteiger partial charge is 0.135 e. The number of nitrogens with one attached hydrogen (secondary N) is 1. The molecule has 3 N–H and O–H groups in total. The largest absolute Gasteiger partial charge is 0.398 e. The minimum atomic E-state index is 0.796. The lowest BCUT2D eigenvalue weighted by atomic mass is 10.1. The van der Waals surface area contributed by atoms with Gasteiger partial charge in [-0.2, -0.15) is 5.10 Å². The van der Waals surface area contributed by atoms with Gasteiger partial charge in [0.1, 0.15) is 4.60 Å². The first-order valence-electron chi connectivity index (χ1n) is 3.58. The molecule has 1 aromatic carbocycles. The molecule has 2 rings (SSSR count). The zero-order valence-corrected chi connectivity index (χ0v) is 8.14. The molecule has 1 aromatic heterocycles. The van der Waals surface area contributed by atoms with Crippen molar-refractivity contribution in [3.8, 4) is 0 Å².